The Labute approximate surface area is 95.7 Å². The minimum absolute atomic E-state index is 0.245. The van der Waals surface area contributed by atoms with Gasteiger partial charge in [0.1, 0.15) is 0 Å². The van der Waals surface area contributed by atoms with Crippen LogP contribution in [0.3, 0.4) is 0 Å². The van der Waals surface area contributed by atoms with Crippen LogP contribution in [0.25, 0.3) is 16.8 Å². The van der Waals surface area contributed by atoms with E-state index in [9.17, 15) is 4.79 Å². The molecular weight excluding hydrogens is 220 g/mol. The average Bonchev–Trinajstić information content (AvgIpc) is 2.84. The maximum absolute atomic E-state index is 10.9. The van der Waals surface area contributed by atoms with Gasteiger partial charge in [-0.25, -0.2) is 9.78 Å². The van der Waals surface area contributed by atoms with Gasteiger partial charge in [0.25, 0.3) is 0 Å². The van der Waals surface area contributed by atoms with Crippen molar-refractivity contribution in [3.05, 3.63) is 35.7 Å². The highest BCUT2D eigenvalue weighted by Gasteiger charge is 2.10. The lowest BCUT2D eigenvalue weighted by molar-refractivity contribution is 0.0697. The van der Waals surface area contributed by atoms with Crippen molar-refractivity contribution in [2.24, 2.45) is 5.73 Å². The molecule has 2 aromatic heterocycles. The van der Waals surface area contributed by atoms with Crippen LogP contribution >= 0.6 is 0 Å². The molecule has 0 saturated carbocycles. The molecule has 0 amide bonds. The molecule has 0 aliphatic carbocycles. The molecule has 0 saturated heterocycles. The van der Waals surface area contributed by atoms with Crippen molar-refractivity contribution < 1.29 is 9.90 Å². The maximum Gasteiger partial charge on any atom is 0.335 e. The molecule has 0 aliphatic heterocycles. The zero-order valence-electron chi connectivity index (χ0n) is 8.84. The van der Waals surface area contributed by atoms with Crippen LogP contribution in [0, 0.1) is 0 Å². The summed E-state index contributed by atoms with van der Waals surface area (Å²) in [7, 11) is 0. The van der Waals surface area contributed by atoms with Crippen LogP contribution in [-0.4, -0.2) is 25.4 Å². The first-order chi connectivity index (χ1) is 8.19. The predicted octanol–water partition coefficient (Wildman–Crippen LogP) is 0.972. The van der Waals surface area contributed by atoms with Gasteiger partial charge < -0.3 is 15.8 Å². The topological polar surface area (TPSA) is 96.4 Å². The molecule has 6 nitrogen and oxygen atoms in total. The summed E-state index contributed by atoms with van der Waals surface area (Å²) in [6.07, 6.45) is 1.83. The summed E-state index contributed by atoms with van der Waals surface area (Å²) in [5, 5.41) is 8.95. The van der Waals surface area contributed by atoms with Gasteiger partial charge in [0.05, 0.1) is 16.6 Å². The number of carbonyl (C=O) groups is 1. The molecule has 0 atom stereocenters. The van der Waals surface area contributed by atoms with E-state index in [-0.39, 0.29) is 5.56 Å². The van der Waals surface area contributed by atoms with Crippen LogP contribution in [-0.2, 0) is 6.54 Å². The van der Waals surface area contributed by atoms with Gasteiger partial charge in [-0.2, -0.15) is 0 Å². The van der Waals surface area contributed by atoms with E-state index >= 15 is 0 Å². The molecule has 0 spiro atoms. The fourth-order valence-electron chi connectivity index (χ4n) is 1.88. The molecular formula is C11H10N4O2. The van der Waals surface area contributed by atoms with Crippen molar-refractivity contribution in [2.75, 3.05) is 0 Å². The Bertz CT molecular complexity index is 726. The highest BCUT2D eigenvalue weighted by Crippen LogP contribution is 2.18. The Kier molecular flexibility index (Phi) is 1.93. The second-order valence-corrected chi connectivity index (χ2v) is 3.80. The van der Waals surface area contributed by atoms with Crippen LogP contribution < -0.4 is 5.73 Å². The molecule has 3 rings (SSSR count). The van der Waals surface area contributed by atoms with E-state index in [1.54, 1.807) is 18.2 Å². The van der Waals surface area contributed by atoms with E-state index in [4.69, 9.17) is 10.8 Å². The second kappa shape index (κ2) is 3.33. The van der Waals surface area contributed by atoms with Gasteiger partial charge in [-0.15, -0.1) is 0 Å². The monoisotopic (exact) mass is 230 g/mol. The number of carboxylic acids is 1. The zero-order chi connectivity index (χ0) is 12.0. The number of benzene rings is 1. The highest BCUT2D eigenvalue weighted by molar-refractivity contribution is 5.93. The lowest BCUT2D eigenvalue weighted by atomic mass is 10.2. The number of aromatic carboxylic acids is 1. The highest BCUT2D eigenvalue weighted by atomic mass is 16.4. The summed E-state index contributed by atoms with van der Waals surface area (Å²) < 4.78 is 1.81. The molecule has 86 valence electrons. The number of carboxylic acid groups (broad SMARTS) is 1. The number of aromatic nitrogens is 3. The van der Waals surface area contributed by atoms with Gasteiger partial charge in [0, 0.05) is 18.4 Å². The van der Waals surface area contributed by atoms with Crippen LogP contribution in [0.4, 0.5) is 0 Å². The molecule has 2 heterocycles. The number of rotatable bonds is 2. The fourth-order valence-corrected chi connectivity index (χ4v) is 1.88. The molecule has 0 bridgehead atoms. The minimum Gasteiger partial charge on any atom is -0.478 e. The lowest BCUT2D eigenvalue weighted by Crippen LogP contribution is -1.96. The summed E-state index contributed by atoms with van der Waals surface area (Å²) in [6.45, 7) is 0.392. The standard InChI is InChI=1S/C11H10N4O2/c12-4-7-5-15-9-3-6(10(16)17)1-2-8(9)14-11(15)13-7/h1-3,5H,4,12H2,(H,13,14)(H,16,17). The Morgan fingerprint density at radius 1 is 1.53 bits per heavy atom. The van der Waals surface area contributed by atoms with E-state index in [0.29, 0.717) is 12.3 Å². The van der Waals surface area contributed by atoms with Crippen molar-refractivity contribution in [2.45, 2.75) is 6.54 Å². The summed E-state index contributed by atoms with van der Waals surface area (Å²) in [6, 6.07) is 4.84. The quantitative estimate of drug-likeness (QED) is 0.611. The van der Waals surface area contributed by atoms with Gasteiger partial charge in [-0.05, 0) is 18.2 Å². The maximum atomic E-state index is 10.9. The average molecular weight is 230 g/mol. The number of fused-ring (bicyclic) bond motifs is 3. The first-order valence-corrected chi connectivity index (χ1v) is 5.12. The zero-order valence-corrected chi connectivity index (χ0v) is 8.84. The van der Waals surface area contributed by atoms with Gasteiger partial charge in [0.15, 0.2) is 0 Å². The molecule has 0 radical (unpaired) electrons. The van der Waals surface area contributed by atoms with Gasteiger partial charge in [0.2, 0.25) is 5.78 Å². The van der Waals surface area contributed by atoms with Crippen molar-refractivity contribution in [3.8, 4) is 0 Å². The number of hydrogen-bond acceptors (Lipinski definition) is 3. The third kappa shape index (κ3) is 1.38. The van der Waals surface area contributed by atoms with Crippen molar-refractivity contribution >= 4 is 22.8 Å². The summed E-state index contributed by atoms with van der Waals surface area (Å²) in [5.74, 6) is -0.278. The van der Waals surface area contributed by atoms with E-state index in [1.807, 2.05) is 10.6 Å². The molecule has 0 fully saturated rings. The predicted molar refractivity (Wildman–Crippen MR) is 61.9 cm³/mol. The Morgan fingerprint density at radius 2 is 2.35 bits per heavy atom. The van der Waals surface area contributed by atoms with E-state index in [2.05, 4.69) is 9.97 Å². The fraction of sp³-hybridized carbons (Fsp3) is 0.0909. The van der Waals surface area contributed by atoms with Crippen molar-refractivity contribution in [1.82, 2.24) is 14.4 Å². The smallest absolute Gasteiger partial charge is 0.335 e. The Hall–Kier alpha value is -2.34. The Morgan fingerprint density at radius 3 is 3.06 bits per heavy atom. The Balaban J connectivity index is 2.34. The first kappa shape index (κ1) is 9.86. The van der Waals surface area contributed by atoms with Crippen LogP contribution in [0.2, 0.25) is 0 Å². The third-order valence-corrected chi connectivity index (χ3v) is 2.71. The number of nitrogens with two attached hydrogens (primary N) is 1. The number of nitrogens with zero attached hydrogens (tertiary/aromatic N) is 2. The molecule has 3 aromatic rings. The van der Waals surface area contributed by atoms with Gasteiger partial charge in [-0.1, -0.05) is 0 Å². The van der Waals surface area contributed by atoms with Crippen molar-refractivity contribution in [3.63, 3.8) is 0 Å². The van der Waals surface area contributed by atoms with E-state index < -0.39 is 5.97 Å². The van der Waals surface area contributed by atoms with Crippen molar-refractivity contribution in [1.29, 1.82) is 0 Å². The van der Waals surface area contributed by atoms with Crippen LogP contribution in [0.5, 0.6) is 0 Å². The number of imidazole rings is 2. The van der Waals surface area contributed by atoms with Gasteiger partial charge in [-0.3, -0.25) is 4.40 Å². The number of hydrogen-bond donors (Lipinski definition) is 3. The molecule has 17 heavy (non-hydrogen) atoms. The molecule has 1 aromatic carbocycles. The SMILES string of the molecule is NCc1cn2c(nc3ccc(C(=O)O)cc32)[nH]1. The van der Waals surface area contributed by atoms with Crippen LogP contribution in [0.15, 0.2) is 24.4 Å². The first-order valence-electron chi connectivity index (χ1n) is 5.12. The van der Waals surface area contributed by atoms with Crippen LogP contribution in [0.1, 0.15) is 16.1 Å². The second-order valence-electron chi connectivity index (χ2n) is 3.80. The number of nitrogens with one attached hydrogen (secondary N) is 1. The molecule has 0 aliphatic rings. The number of H-pyrrole nitrogens is 1. The summed E-state index contributed by atoms with van der Waals surface area (Å²) in [5.41, 5.74) is 8.14. The van der Waals surface area contributed by atoms with Gasteiger partial charge >= 0.3 is 5.97 Å². The lowest BCUT2D eigenvalue weighted by Gasteiger charge is -1.94. The summed E-state index contributed by atoms with van der Waals surface area (Å²) in [4.78, 5) is 18.3. The van der Waals surface area contributed by atoms with E-state index in [0.717, 1.165) is 16.7 Å². The molecule has 6 heteroatoms. The molecule has 4 N–H and O–H groups in total. The minimum atomic E-state index is -0.948. The normalized spacial score (nSPS) is 11.4. The molecule has 0 unspecified atom stereocenters. The third-order valence-electron chi connectivity index (χ3n) is 2.71. The largest absolute Gasteiger partial charge is 0.478 e. The van der Waals surface area contributed by atoms with E-state index in [1.165, 1.54) is 0 Å². The number of aromatic amines is 1. The summed E-state index contributed by atoms with van der Waals surface area (Å²) >= 11 is 0.